The van der Waals surface area contributed by atoms with Gasteiger partial charge in [0, 0.05) is 11.6 Å². The van der Waals surface area contributed by atoms with Crippen LogP contribution in [-0.4, -0.2) is 37.5 Å². The topological polar surface area (TPSA) is 97.8 Å². The fourth-order valence-electron chi connectivity index (χ4n) is 2.52. The Balaban J connectivity index is 1.78. The summed E-state index contributed by atoms with van der Waals surface area (Å²) in [5, 5.41) is 4.12. The molecule has 0 bridgehead atoms. The van der Waals surface area contributed by atoms with Crippen molar-refractivity contribution in [2.75, 3.05) is 26.8 Å². The van der Waals surface area contributed by atoms with Crippen molar-refractivity contribution in [2.45, 2.75) is 0 Å². The molecule has 0 aliphatic rings. The molecule has 3 aromatic rings. The second kappa shape index (κ2) is 8.72. The third-order valence-electron chi connectivity index (χ3n) is 3.92. The van der Waals surface area contributed by atoms with Gasteiger partial charge in [-0.1, -0.05) is 0 Å². The number of nitrogens with zero attached hydrogens (tertiary/aromatic N) is 2. The largest absolute Gasteiger partial charge is 0.497 e. The van der Waals surface area contributed by atoms with E-state index in [1.165, 1.54) is 6.07 Å². The lowest BCUT2D eigenvalue weighted by atomic mass is 10.1. The predicted octanol–water partition coefficient (Wildman–Crippen LogP) is 2.91. The molecule has 144 valence electrons. The summed E-state index contributed by atoms with van der Waals surface area (Å²) in [4.78, 5) is 18.9. The van der Waals surface area contributed by atoms with Crippen molar-refractivity contribution in [1.82, 2.24) is 9.97 Å². The van der Waals surface area contributed by atoms with Gasteiger partial charge in [0.15, 0.2) is 11.5 Å². The highest BCUT2D eigenvalue weighted by Crippen LogP contribution is 2.27. The molecule has 1 heterocycles. The maximum Gasteiger partial charge on any atom is 0.252 e. The Morgan fingerprint density at radius 2 is 1.71 bits per heavy atom. The Kier molecular flexibility index (Phi) is 5.91. The van der Waals surface area contributed by atoms with E-state index in [4.69, 9.17) is 14.2 Å². The molecule has 3 rings (SSSR count). The first-order valence-corrected chi connectivity index (χ1v) is 8.40. The Bertz CT molecular complexity index is 1030. The van der Waals surface area contributed by atoms with Crippen LogP contribution >= 0.6 is 0 Å². The molecule has 8 nitrogen and oxygen atoms in total. The van der Waals surface area contributed by atoms with Gasteiger partial charge < -0.3 is 14.2 Å². The smallest absolute Gasteiger partial charge is 0.252 e. The molecule has 0 amide bonds. The van der Waals surface area contributed by atoms with Gasteiger partial charge in [-0.3, -0.25) is 9.78 Å². The molecular formula is C20H20N4O4. The highest BCUT2D eigenvalue weighted by molar-refractivity contribution is 5.81. The average molecular weight is 380 g/mol. The van der Waals surface area contributed by atoms with Gasteiger partial charge in [-0.15, -0.1) is 0 Å². The minimum Gasteiger partial charge on any atom is -0.497 e. The van der Waals surface area contributed by atoms with Gasteiger partial charge in [-0.2, -0.15) is 5.10 Å². The number of ether oxygens (including phenoxy) is 3. The highest BCUT2D eigenvalue weighted by atomic mass is 16.5. The number of benzene rings is 2. The number of aromatic amines is 1. The minimum absolute atomic E-state index is 0.232. The lowest BCUT2D eigenvalue weighted by Gasteiger charge is -2.07. The number of rotatable bonds is 7. The lowest BCUT2D eigenvalue weighted by molar-refractivity contribution is 0.355. The molecule has 0 spiro atoms. The first kappa shape index (κ1) is 19.0. The van der Waals surface area contributed by atoms with Crippen LogP contribution in [0.4, 0.5) is 5.95 Å². The van der Waals surface area contributed by atoms with Crippen molar-refractivity contribution >= 4 is 12.2 Å². The summed E-state index contributed by atoms with van der Waals surface area (Å²) in [6.45, 7) is 0. The molecule has 0 atom stereocenters. The summed E-state index contributed by atoms with van der Waals surface area (Å²) in [6.07, 6.45) is 1.59. The molecule has 0 saturated carbocycles. The third kappa shape index (κ3) is 4.47. The lowest BCUT2D eigenvalue weighted by Crippen LogP contribution is -2.10. The third-order valence-corrected chi connectivity index (χ3v) is 3.92. The zero-order valence-electron chi connectivity index (χ0n) is 15.7. The standard InChI is InChI=1S/C20H20N4O4/c1-26-15-7-5-14(6-8-15)16-11-19(25)23-20(22-16)24-21-12-13-4-9-17(27-2)18(10-13)28-3/h4-12H,1-3H3,(H2,22,23,24,25)/b21-12-. The van der Waals surface area contributed by atoms with Gasteiger partial charge in [0.1, 0.15) is 5.75 Å². The van der Waals surface area contributed by atoms with E-state index in [-0.39, 0.29) is 11.5 Å². The summed E-state index contributed by atoms with van der Waals surface area (Å²) < 4.78 is 15.6. The zero-order valence-corrected chi connectivity index (χ0v) is 15.7. The number of methoxy groups -OCH3 is 3. The van der Waals surface area contributed by atoms with Crippen LogP contribution in [0.1, 0.15) is 5.56 Å². The molecule has 1 aromatic heterocycles. The van der Waals surface area contributed by atoms with Crippen molar-refractivity contribution in [1.29, 1.82) is 0 Å². The molecule has 2 N–H and O–H groups in total. The number of aromatic nitrogens is 2. The summed E-state index contributed by atoms with van der Waals surface area (Å²) in [6, 6.07) is 14.1. The number of hydrogen-bond donors (Lipinski definition) is 2. The van der Waals surface area contributed by atoms with Gasteiger partial charge in [0.25, 0.3) is 5.56 Å². The summed E-state index contributed by atoms with van der Waals surface area (Å²) in [5.41, 5.74) is 4.56. The second-order valence-corrected chi connectivity index (χ2v) is 5.69. The molecule has 0 unspecified atom stereocenters. The quantitative estimate of drug-likeness (QED) is 0.483. The fraction of sp³-hybridized carbons (Fsp3) is 0.150. The SMILES string of the molecule is COc1ccc(-c2cc(=O)[nH]c(N/N=C\c3ccc(OC)c(OC)c3)n2)cc1. The number of nitrogens with one attached hydrogen (secondary N) is 2. The van der Waals surface area contributed by atoms with Crippen molar-refractivity contribution in [3.8, 4) is 28.5 Å². The summed E-state index contributed by atoms with van der Waals surface area (Å²) in [7, 11) is 4.74. The van der Waals surface area contributed by atoms with Crippen LogP contribution in [-0.2, 0) is 0 Å². The van der Waals surface area contributed by atoms with Crippen molar-refractivity contribution in [3.05, 3.63) is 64.4 Å². The van der Waals surface area contributed by atoms with Gasteiger partial charge in [-0.25, -0.2) is 10.4 Å². The van der Waals surface area contributed by atoms with E-state index in [1.807, 2.05) is 18.2 Å². The van der Waals surface area contributed by atoms with E-state index in [1.54, 1.807) is 51.8 Å². The number of anilines is 1. The Hall–Kier alpha value is -3.81. The molecule has 0 aliphatic heterocycles. The van der Waals surface area contributed by atoms with Gasteiger partial charge >= 0.3 is 0 Å². The predicted molar refractivity (Wildman–Crippen MR) is 108 cm³/mol. The first-order valence-electron chi connectivity index (χ1n) is 8.40. The molecule has 0 aliphatic carbocycles. The zero-order chi connectivity index (χ0) is 19.9. The molecule has 8 heteroatoms. The van der Waals surface area contributed by atoms with Gasteiger partial charge in [0.2, 0.25) is 5.95 Å². The molecular weight excluding hydrogens is 360 g/mol. The van der Waals surface area contributed by atoms with E-state index in [0.29, 0.717) is 17.2 Å². The molecule has 0 saturated heterocycles. The van der Waals surface area contributed by atoms with Crippen LogP contribution < -0.4 is 25.2 Å². The molecule has 0 radical (unpaired) electrons. The van der Waals surface area contributed by atoms with E-state index < -0.39 is 0 Å². The monoisotopic (exact) mass is 380 g/mol. The van der Waals surface area contributed by atoms with Crippen LogP contribution in [0.2, 0.25) is 0 Å². The molecule has 2 aromatic carbocycles. The van der Waals surface area contributed by atoms with Gasteiger partial charge in [0.05, 0.1) is 33.2 Å². The highest BCUT2D eigenvalue weighted by Gasteiger charge is 2.05. The first-order chi connectivity index (χ1) is 13.6. The Labute approximate surface area is 161 Å². The molecule has 28 heavy (non-hydrogen) atoms. The van der Waals surface area contributed by atoms with E-state index in [0.717, 1.165) is 16.9 Å². The maximum atomic E-state index is 12.0. The molecule has 0 fully saturated rings. The maximum absolute atomic E-state index is 12.0. The Morgan fingerprint density at radius 3 is 2.39 bits per heavy atom. The van der Waals surface area contributed by atoms with Crippen LogP contribution in [0.25, 0.3) is 11.3 Å². The van der Waals surface area contributed by atoms with E-state index >= 15 is 0 Å². The summed E-state index contributed by atoms with van der Waals surface area (Å²) in [5.74, 6) is 2.19. The summed E-state index contributed by atoms with van der Waals surface area (Å²) >= 11 is 0. The van der Waals surface area contributed by atoms with E-state index in [2.05, 4.69) is 20.5 Å². The van der Waals surface area contributed by atoms with Crippen LogP contribution in [0.15, 0.2) is 58.4 Å². The van der Waals surface area contributed by atoms with Crippen molar-refractivity contribution in [2.24, 2.45) is 5.10 Å². The normalized spacial score (nSPS) is 10.7. The van der Waals surface area contributed by atoms with Crippen LogP contribution in [0.3, 0.4) is 0 Å². The van der Waals surface area contributed by atoms with E-state index in [9.17, 15) is 4.79 Å². The van der Waals surface area contributed by atoms with Gasteiger partial charge in [-0.05, 0) is 48.0 Å². The number of hydrogen-bond acceptors (Lipinski definition) is 7. The number of H-pyrrole nitrogens is 1. The fourth-order valence-corrected chi connectivity index (χ4v) is 2.52. The van der Waals surface area contributed by atoms with Crippen molar-refractivity contribution < 1.29 is 14.2 Å². The average Bonchev–Trinajstić information content (AvgIpc) is 2.73. The Morgan fingerprint density at radius 1 is 0.964 bits per heavy atom. The second-order valence-electron chi connectivity index (χ2n) is 5.69. The number of hydrazone groups is 1. The minimum atomic E-state index is -0.287. The van der Waals surface area contributed by atoms with Crippen LogP contribution in [0, 0.1) is 0 Å². The van der Waals surface area contributed by atoms with Crippen molar-refractivity contribution in [3.63, 3.8) is 0 Å². The van der Waals surface area contributed by atoms with Crippen LogP contribution in [0.5, 0.6) is 17.2 Å².